The minimum absolute atomic E-state index is 0.00755. The Labute approximate surface area is 796 Å². The number of aromatic nitrogens is 4. The molecule has 9 rings (SSSR count). The van der Waals surface area contributed by atoms with E-state index in [1.165, 1.54) is 47.7 Å². The van der Waals surface area contributed by atoms with Crippen LogP contribution in [0.5, 0.6) is 5.75 Å². The molecule has 23 N–H and O–H groups in total. The first-order valence-corrected chi connectivity index (χ1v) is 47.2. The average molecular weight is 1930 g/mol. The summed E-state index contributed by atoms with van der Waals surface area (Å²) < 4.78 is 5.35. The van der Waals surface area contributed by atoms with Gasteiger partial charge in [0.25, 0.3) is 0 Å². The molecule has 0 bridgehead atoms. The van der Waals surface area contributed by atoms with Crippen LogP contribution in [-0.2, 0) is 112 Å². The van der Waals surface area contributed by atoms with E-state index in [0.717, 1.165) is 36.3 Å². The number of carbonyl (C=O) groups excluding carboxylic acids is 17. The van der Waals surface area contributed by atoms with Gasteiger partial charge in [-0.1, -0.05) is 88.1 Å². The number of rotatable bonds is 29. The van der Waals surface area contributed by atoms with Crippen LogP contribution in [0.25, 0.3) is 21.8 Å². The highest BCUT2D eigenvalue weighted by molar-refractivity contribution is 8.00. The Morgan fingerprint density at radius 2 is 1.05 bits per heavy atom. The van der Waals surface area contributed by atoms with Crippen molar-refractivity contribution in [3.63, 3.8) is 0 Å². The molecule has 44 nitrogen and oxygen atoms in total. The van der Waals surface area contributed by atoms with Crippen LogP contribution in [-0.4, -0.2) is 324 Å². The molecule has 0 radical (unpaired) electrons. The number of nitrogens with one attached hydrogen (secondary N) is 13. The topological polar surface area (TPSA) is 658 Å². The number of para-hydroxylation sites is 2. The third-order valence-corrected chi connectivity index (χ3v) is 25.7. The second-order valence-corrected chi connectivity index (χ2v) is 35.7. The number of unbranched alkanes of at least 4 members (excludes halogenated alkanes) is 3. The zero-order valence-corrected chi connectivity index (χ0v) is 78.9. The maximum Gasteiger partial charge on any atom is 0.305 e. The minimum Gasteiger partial charge on any atom is -0.497 e. The summed E-state index contributed by atoms with van der Waals surface area (Å²) in [6, 6.07) is -1.89. The summed E-state index contributed by atoms with van der Waals surface area (Å²) in [5, 5.41) is 49.7. The molecule has 3 saturated heterocycles. The van der Waals surface area contributed by atoms with Crippen molar-refractivity contribution in [2.24, 2.45) is 22.9 Å². The zero-order valence-electron chi connectivity index (χ0n) is 78.0. The fourth-order valence-corrected chi connectivity index (χ4v) is 17.8. The molecule has 3 aromatic carbocycles. The fourth-order valence-electron chi connectivity index (χ4n) is 17.0. The number of thioether (sulfide) groups is 1. The number of nitrogens with two attached hydrogens (primary N) is 4. The molecule has 0 saturated carbocycles. The number of benzene rings is 3. The summed E-state index contributed by atoms with van der Waals surface area (Å²) in [7, 11) is 5.33. The van der Waals surface area contributed by atoms with Gasteiger partial charge in [0.1, 0.15) is 90.3 Å². The monoisotopic (exact) mass is 1920 g/mol. The summed E-state index contributed by atoms with van der Waals surface area (Å²) in [6.45, 7) is 3.74. The Kier molecular flexibility index (Phi) is 40.6. The van der Waals surface area contributed by atoms with Crippen molar-refractivity contribution in [1.29, 1.82) is 0 Å². The van der Waals surface area contributed by atoms with E-state index in [1.54, 1.807) is 85.2 Å². The van der Waals surface area contributed by atoms with Crippen molar-refractivity contribution >= 4 is 140 Å². The number of aliphatic hydroxyl groups is 1. The van der Waals surface area contributed by atoms with Crippen molar-refractivity contribution in [2.45, 2.75) is 240 Å². The predicted octanol–water partition coefficient (Wildman–Crippen LogP) is -2.58. The minimum atomic E-state index is -2.05. The van der Waals surface area contributed by atoms with Crippen LogP contribution < -0.4 is 80.8 Å². The number of H-pyrrole nitrogens is 3. The van der Waals surface area contributed by atoms with Gasteiger partial charge in [0, 0.05) is 118 Å². The van der Waals surface area contributed by atoms with Gasteiger partial charge in [-0.3, -0.25) is 86.3 Å². The molecule has 6 aromatic rings. The molecule has 3 fully saturated rings. The number of imidazole rings is 1. The fraction of sp³-hybridized carbons (Fsp3) is 0.533. The summed E-state index contributed by atoms with van der Waals surface area (Å²) in [6.07, 6.45) is 2.82. The molecule has 3 aliphatic rings. The lowest BCUT2D eigenvalue weighted by Gasteiger charge is -2.36. The lowest BCUT2D eigenvalue weighted by atomic mass is 9.99. The smallest absolute Gasteiger partial charge is 0.305 e. The molecular weight excluding hydrogens is 1800 g/mol. The van der Waals surface area contributed by atoms with Crippen LogP contribution in [0, 0.1) is 0 Å². The number of carbonyl (C=O) groups is 18. The first-order chi connectivity index (χ1) is 65.5. The second-order valence-electron chi connectivity index (χ2n) is 34.7. The van der Waals surface area contributed by atoms with Gasteiger partial charge >= 0.3 is 5.97 Å². The zero-order chi connectivity index (χ0) is 99.9. The number of aliphatic carboxylic acids is 1. The van der Waals surface area contributed by atoms with E-state index in [9.17, 15) is 58.2 Å². The van der Waals surface area contributed by atoms with Crippen LogP contribution in [0.3, 0.4) is 0 Å². The SMILES string of the molecule is CCCC[C@H]1C(=O)N(C)[C@@H](CCCC)C(=O)N[C@@H](CCCN)C(=O)N[C@H](C(=O)NCC(N)=O)CSCC(=O)N[C@@H](Cc2ccc(OC)cc2)C(=O)N(C)[C@@H](C)C(=O)N[C@H](CC(N)=O)C(=O)N2CCC[C@H]2C(=O)N[C@@H](Cc2cnc[nH]2)C(=O)N[C@@H](CCCCN)C(=O)N2C[C@H](O)C[C@H]2C(=O)N[C@@H](Cc2c[nH]c3ccccc23)C(=O)N[C@@H](CC(=O)O)C(=O)N[C@@H](Cc2c[nH]c3ccccc23)C(=O)N1C. The molecule has 137 heavy (non-hydrogen) atoms. The molecule has 6 heterocycles. The van der Waals surface area contributed by atoms with E-state index in [0.29, 0.717) is 82.0 Å². The van der Waals surface area contributed by atoms with Crippen molar-refractivity contribution in [2.75, 3.05) is 72.5 Å². The molecule has 3 aliphatic heterocycles. The van der Waals surface area contributed by atoms with Crippen molar-refractivity contribution in [3.8, 4) is 5.75 Å². The van der Waals surface area contributed by atoms with E-state index in [2.05, 4.69) is 73.1 Å². The highest BCUT2D eigenvalue weighted by Gasteiger charge is 2.47. The standard InChI is InChI=1S/C92H129N23O21S/c1-8-10-26-71-85(128)103-62(25-18-34-94)81(124)110-70(80(123)100-46-76(96)118)48-137-49-77(119)102-67(36-52-29-31-57(136-7)32-30-52)88(131)111(4)51(3)79(122)108-69(41-75(95)117)91(134)114-35-19-28-72(114)86(129)107-65(39-55-45-97-50-101-55)83(126)104-63(24-16-17-33-93)90(133)115-47-56(116)40-74(115)87(130)106-64(37-53-43-98-60-22-14-12-20-58(53)60)82(125)105-66(42-78(120)121)84(127)109-68(38-54-44-99-61-23-15-13-21-59(54)61)89(132)113(6)73(27-11-9-2)92(135)112(71)5/h12-15,20-23,29-32,43-45,50-51,56,62-74,98-99,116H,8-11,16-19,24-28,33-42,46-49,93-94H2,1-7H3,(H2,95,117)(H2,96,118)(H,97,101)(H,100,123)(H,102,119)(H,103,128)(H,104,126)(H,105,125)(H,106,130)(H,107,129)(H,108,122)(H,109,127)(H,110,124)(H,120,121)/t51-,56+,62-,63-,64-,65-,66-,67-,68-,69+,70-,71-,72-,73-,74-/m0/s1. The summed E-state index contributed by atoms with van der Waals surface area (Å²) in [4.78, 5) is 283. The molecule has 15 atom stereocenters. The molecule has 0 aliphatic carbocycles. The summed E-state index contributed by atoms with van der Waals surface area (Å²) in [5.74, 6) is -18.4. The largest absolute Gasteiger partial charge is 0.497 e. The number of aromatic amines is 3. The number of aliphatic hydroxyl groups excluding tert-OH is 1. The number of ether oxygens (including phenoxy) is 1. The third-order valence-electron chi connectivity index (χ3n) is 24.7. The number of fused-ring (bicyclic) bond motifs is 4. The number of nitrogens with zero attached hydrogens (tertiary/aromatic N) is 6. The van der Waals surface area contributed by atoms with E-state index in [4.69, 9.17) is 27.7 Å². The summed E-state index contributed by atoms with van der Waals surface area (Å²) >= 11 is 0.788. The number of likely N-dealkylation sites (N-methyl/N-ethyl adjacent to an activating group) is 3. The first-order valence-electron chi connectivity index (χ1n) is 46.0. The Balaban J connectivity index is 1.11. The van der Waals surface area contributed by atoms with Gasteiger partial charge in [-0.2, -0.15) is 0 Å². The van der Waals surface area contributed by atoms with Crippen LogP contribution >= 0.6 is 11.8 Å². The van der Waals surface area contributed by atoms with Crippen LogP contribution in [0.1, 0.15) is 146 Å². The first kappa shape index (κ1) is 107. The molecule has 0 spiro atoms. The van der Waals surface area contributed by atoms with E-state index in [-0.39, 0.29) is 96.7 Å². The molecule has 0 unspecified atom stereocenters. The number of primary amides is 2. The summed E-state index contributed by atoms with van der Waals surface area (Å²) in [5.41, 5.74) is 26.1. The van der Waals surface area contributed by atoms with Gasteiger partial charge in [0.15, 0.2) is 0 Å². The lowest BCUT2D eigenvalue weighted by Crippen LogP contribution is -2.61. The normalized spacial score (nSPS) is 24.5. The van der Waals surface area contributed by atoms with Crippen LogP contribution in [0.4, 0.5) is 0 Å². The molecule has 3 aromatic heterocycles. The van der Waals surface area contributed by atoms with Gasteiger partial charge in [-0.05, 0) is 119 Å². The quantitative estimate of drug-likeness (QED) is 0.0214. The van der Waals surface area contributed by atoms with Gasteiger partial charge in [-0.15, -0.1) is 11.8 Å². The average Bonchev–Trinajstić information content (AvgIpc) is 1.79. The van der Waals surface area contributed by atoms with E-state index < -0.39 is 241 Å². The molecule has 17 amide bonds. The maximum atomic E-state index is 15.8. The number of methoxy groups -OCH3 is 1. The maximum absolute atomic E-state index is 15.8. The predicted molar refractivity (Wildman–Crippen MR) is 502 cm³/mol. The van der Waals surface area contributed by atoms with Gasteiger partial charge in [0.05, 0.1) is 44.7 Å². The highest BCUT2D eigenvalue weighted by atomic mass is 32.2. The number of carboxylic acids is 1. The van der Waals surface area contributed by atoms with Crippen LogP contribution in [0.15, 0.2) is 97.7 Å². The van der Waals surface area contributed by atoms with Crippen molar-refractivity contribution in [1.82, 2.24) is 97.6 Å². The molecule has 45 heteroatoms. The Bertz CT molecular complexity index is 5250. The number of hydrogen-bond acceptors (Lipinski definition) is 24. The van der Waals surface area contributed by atoms with Crippen LogP contribution in [0.2, 0.25) is 0 Å². The lowest BCUT2D eigenvalue weighted by molar-refractivity contribution is -0.149. The Hall–Kier alpha value is -13.6. The molecule has 744 valence electrons. The number of carboxylic acid groups (broad SMARTS) is 1. The Morgan fingerprint density at radius 1 is 0.518 bits per heavy atom. The highest BCUT2D eigenvalue weighted by Crippen LogP contribution is 2.28. The van der Waals surface area contributed by atoms with Crippen molar-refractivity contribution < 1.29 is 101 Å². The molecular formula is C92H129N23O21S. The third kappa shape index (κ3) is 30.0. The number of amides is 17. The van der Waals surface area contributed by atoms with E-state index >= 15 is 38.4 Å². The number of hydrogen-bond donors (Lipinski definition) is 19. The van der Waals surface area contributed by atoms with Gasteiger partial charge < -0.3 is 131 Å². The van der Waals surface area contributed by atoms with Crippen molar-refractivity contribution in [3.05, 3.63) is 120 Å². The van der Waals surface area contributed by atoms with E-state index in [1.807, 2.05) is 13.8 Å². The van der Waals surface area contributed by atoms with Gasteiger partial charge in [0.2, 0.25) is 100 Å². The Morgan fingerprint density at radius 3 is 1.65 bits per heavy atom. The second kappa shape index (κ2) is 51.9. The van der Waals surface area contributed by atoms with Gasteiger partial charge in [-0.25, -0.2) is 4.98 Å².